The SMILES string of the molecule is C=CCOCCOCCOCCOCCOCCOc1ccc(NC(C)=O)cc1. The Kier molecular flexibility index (Phi) is 15.6. The summed E-state index contributed by atoms with van der Waals surface area (Å²) in [5, 5.41) is 2.70. The van der Waals surface area contributed by atoms with E-state index in [2.05, 4.69) is 11.9 Å². The second kappa shape index (κ2) is 18.1. The molecule has 29 heavy (non-hydrogen) atoms. The standard InChI is InChI=1S/C21H33NO7/c1-3-8-24-9-10-25-11-12-26-13-14-27-15-16-28-17-18-29-21-6-4-20(5-7-21)22-19(2)23/h3-7H,1,8-18H2,2H3,(H,22,23). The van der Waals surface area contributed by atoms with Gasteiger partial charge in [0.15, 0.2) is 0 Å². The molecule has 1 rings (SSSR count). The number of amides is 1. The molecule has 0 bridgehead atoms. The molecule has 0 saturated heterocycles. The number of anilines is 1. The Balaban J connectivity index is 1.81. The molecule has 0 radical (unpaired) electrons. The van der Waals surface area contributed by atoms with Crippen molar-refractivity contribution in [3.63, 3.8) is 0 Å². The highest BCUT2D eigenvalue weighted by molar-refractivity contribution is 5.88. The normalized spacial score (nSPS) is 10.7. The van der Waals surface area contributed by atoms with Crippen molar-refractivity contribution in [3.05, 3.63) is 36.9 Å². The number of hydrogen-bond donors (Lipinski definition) is 1. The molecule has 0 fully saturated rings. The van der Waals surface area contributed by atoms with E-state index < -0.39 is 0 Å². The maximum Gasteiger partial charge on any atom is 0.221 e. The lowest BCUT2D eigenvalue weighted by atomic mass is 10.3. The minimum atomic E-state index is -0.101. The van der Waals surface area contributed by atoms with E-state index >= 15 is 0 Å². The molecule has 0 saturated carbocycles. The van der Waals surface area contributed by atoms with Gasteiger partial charge < -0.3 is 33.7 Å². The summed E-state index contributed by atoms with van der Waals surface area (Å²) in [4.78, 5) is 11.0. The van der Waals surface area contributed by atoms with Gasteiger partial charge in [-0.3, -0.25) is 4.79 Å². The highest BCUT2D eigenvalue weighted by atomic mass is 16.6. The second-order valence-electron chi connectivity index (χ2n) is 5.87. The van der Waals surface area contributed by atoms with Crippen molar-refractivity contribution >= 4 is 11.6 Å². The lowest BCUT2D eigenvalue weighted by Crippen LogP contribution is -2.14. The van der Waals surface area contributed by atoms with Crippen molar-refractivity contribution in [2.75, 3.05) is 78.0 Å². The molecular formula is C21H33NO7. The van der Waals surface area contributed by atoms with E-state index in [0.29, 0.717) is 72.7 Å². The molecule has 1 aromatic carbocycles. The van der Waals surface area contributed by atoms with Crippen LogP contribution in [0.1, 0.15) is 6.92 Å². The molecule has 0 heterocycles. The predicted octanol–water partition coefficient (Wildman–Crippen LogP) is 2.29. The minimum absolute atomic E-state index is 0.101. The second-order valence-corrected chi connectivity index (χ2v) is 5.87. The number of carbonyl (C=O) groups is 1. The van der Waals surface area contributed by atoms with E-state index in [1.165, 1.54) is 6.92 Å². The van der Waals surface area contributed by atoms with Gasteiger partial charge in [-0.2, -0.15) is 0 Å². The summed E-state index contributed by atoms with van der Waals surface area (Å²) in [6, 6.07) is 7.18. The Morgan fingerprint density at radius 3 is 1.69 bits per heavy atom. The minimum Gasteiger partial charge on any atom is -0.491 e. The van der Waals surface area contributed by atoms with Crippen LogP contribution in [0, 0.1) is 0 Å². The topological polar surface area (TPSA) is 84.5 Å². The summed E-state index contributed by atoms with van der Waals surface area (Å²) >= 11 is 0. The first-order valence-corrected chi connectivity index (χ1v) is 9.72. The molecule has 1 amide bonds. The van der Waals surface area contributed by atoms with Crippen molar-refractivity contribution in [2.45, 2.75) is 6.92 Å². The van der Waals surface area contributed by atoms with Crippen molar-refractivity contribution in [1.82, 2.24) is 0 Å². The Hall–Kier alpha value is -1.97. The summed E-state index contributed by atoms with van der Waals surface area (Å²) in [6.07, 6.45) is 1.71. The Morgan fingerprint density at radius 2 is 1.24 bits per heavy atom. The van der Waals surface area contributed by atoms with Gasteiger partial charge in [-0.25, -0.2) is 0 Å². The van der Waals surface area contributed by atoms with Crippen LogP contribution in [-0.4, -0.2) is 78.6 Å². The van der Waals surface area contributed by atoms with E-state index in [-0.39, 0.29) is 5.91 Å². The molecule has 0 aliphatic rings. The van der Waals surface area contributed by atoms with Gasteiger partial charge in [-0.1, -0.05) is 6.08 Å². The van der Waals surface area contributed by atoms with Crippen LogP contribution in [0.2, 0.25) is 0 Å². The molecule has 8 heteroatoms. The van der Waals surface area contributed by atoms with Crippen LogP contribution in [0.3, 0.4) is 0 Å². The van der Waals surface area contributed by atoms with Gasteiger partial charge in [0.2, 0.25) is 5.91 Å². The number of nitrogens with one attached hydrogen (secondary N) is 1. The van der Waals surface area contributed by atoms with Crippen LogP contribution in [0.25, 0.3) is 0 Å². The molecule has 0 aliphatic heterocycles. The molecule has 0 spiro atoms. The molecule has 1 aromatic rings. The van der Waals surface area contributed by atoms with Crippen LogP contribution in [0.15, 0.2) is 36.9 Å². The lowest BCUT2D eigenvalue weighted by molar-refractivity contribution is -0.114. The van der Waals surface area contributed by atoms with Crippen LogP contribution >= 0.6 is 0 Å². The van der Waals surface area contributed by atoms with E-state index in [0.717, 1.165) is 11.4 Å². The third kappa shape index (κ3) is 15.6. The van der Waals surface area contributed by atoms with Crippen molar-refractivity contribution in [1.29, 1.82) is 0 Å². The predicted molar refractivity (Wildman–Crippen MR) is 111 cm³/mol. The number of ether oxygens (including phenoxy) is 6. The third-order valence-electron chi connectivity index (χ3n) is 3.39. The van der Waals surface area contributed by atoms with Gasteiger partial charge in [0, 0.05) is 12.6 Å². The molecule has 0 aliphatic carbocycles. The first kappa shape index (κ1) is 25.1. The van der Waals surface area contributed by atoms with E-state index in [9.17, 15) is 4.79 Å². The van der Waals surface area contributed by atoms with E-state index in [4.69, 9.17) is 28.4 Å². The zero-order valence-corrected chi connectivity index (χ0v) is 17.2. The number of benzene rings is 1. The van der Waals surface area contributed by atoms with E-state index in [1.54, 1.807) is 30.3 Å². The fourth-order valence-electron chi connectivity index (χ4n) is 2.10. The number of hydrogen-bond acceptors (Lipinski definition) is 7. The summed E-state index contributed by atoms with van der Waals surface area (Å²) in [5.41, 5.74) is 0.739. The quantitative estimate of drug-likeness (QED) is 0.276. The zero-order valence-electron chi connectivity index (χ0n) is 17.2. The van der Waals surface area contributed by atoms with Crippen LogP contribution in [-0.2, 0) is 28.5 Å². The monoisotopic (exact) mass is 411 g/mol. The third-order valence-corrected chi connectivity index (χ3v) is 3.39. The van der Waals surface area contributed by atoms with Gasteiger partial charge in [0.05, 0.1) is 66.1 Å². The summed E-state index contributed by atoms with van der Waals surface area (Å²) < 4.78 is 32.4. The van der Waals surface area contributed by atoms with E-state index in [1.807, 2.05) is 0 Å². The summed E-state index contributed by atoms with van der Waals surface area (Å²) in [7, 11) is 0. The first-order chi connectivity index (χ1) is 14.2. The Bertz CT molecular complexity index is 536. The van der Waals surface area contributed by atoms with Gasteiger partial charge in [-0.05, 0) is 24.3 Å². The van der Waals surface area contributed by atoms with Gasteiger partial charge in [0.1, 0.15) is 12.4 Å². The van der Waals surface area contributed by atoms with Crippen LogP contribution in [0.5, 0.6) is 5.75 Å². The van der Waals surface area contributed by atoms with Crippen molar-refractivity contribution in [2.24, 2.45) is 0 Å². The molecule has 0 unspecified atom stereocenters. The van der Waals surface area contributed by atoms with Gasteiger partial charge >= 0.3 is 0 Å². The maximum atomic E-state index is 11.0. The highest BCUT2D eigenvalue weighted by Crippen LogP contribution is 2.15. The average molecular weight is 411 g/mol. The Labute approximate surface area is 173 Å². The first-order valence-electron chi connectivity index (χ1n) is 9.72. The van der Waals surface area contributed by atoms with Gasteiger partial charge in [0.25, 0.3) is 0 Å². The average Bonchev–Trinajstić information content (AvgIpc) is 2.71. The van der Waals surface area contributed by atoms with Crippen LogP contribution in [0.4, 0.5) is 5.69 Å². The molecule has 1 N–H and O–H groups in total. The fourth-order valence-corrected chi connectivity index (χ4v) is 2.10. The lowest BCUT2D eigenvalue weighted by Gasteiger charge is -2.09. The Morgan fingerprint density at radius 1 is 0.793 bits per heavy atom. The molecule has 0 atom stereocenters. The maximum absolute atomic E-state index is 11.0. The molecule has 8 nitrogen and oxygen atoms in total. The van der Waals surface area contributed by atoms with Crippen molar-refractivity contribution < 1.29 is 33.2 Å². The fraction of sp³-hybridized carbons (Fsp3) is 0.571. The molecule has 0 aromatic heterocycles. The van der Waals surface area contributed by atoms with Crippen LogP contribution < -0.4 is 10.1 Å². The smallest absolute Gasteiger partial charge is 0.221 e. The zero-order chi connectivity index (χ0) is 21.0. The highest BCUT2D eigenvalue weighted by Gasteiger charge is 1.98. The summed E-state index contributed by atoms with van der Waals surface area (Å²) in [5.74, 6) is 0.625. The number of carbonyl (C=O) groups excluding carboxylic acids is 1. The molecule has 164 valence electrons. The molecular weight excluding hydrogens is 378 g/mol. The largest absolute Gasteiger partial charge is 0.491 e. The van der Waals surface area contributed by atoms with Gasteiger partial charge in [-0.15, -0.1) is 6.58 Å². The van der Waals surface area contributed by atoms with Crippen molar-refractivity contribution in [3.8, 4) is 5.75 Å². The summed E-state index contributed by atoms with van der Waals surface area (Å²) in [6.45, 7) is 10.7. The number of rotatable bonds is 19.